The van der Waals surface area contributed by atoms with Gasteiger partial charge in [-0.15, -0.1) is 0 Å². The summed E-state index contributed by atoms with van der Waals surface area (Å²) in [6, 6.07) is 9.56. The number of piperazine rings is 1. The number of benzene rings is 2. The number of unbranched alkanes of at least 4 members (excludes halogenated alkanes) is 1. The summed E-state index contributed by atoms with van der Waals surface area (Å²) >= 11 is 0. The Morgan fingerprint density at radius 2 is 1.78 bits per heavy atom. The van der Waals surface area contributed by atoms with Gasteiger partial charge in [-0.05, 0) is 49.2 Å². The molecule has 0 spiro atoms. The molecule has 3 rings (SSSR count). The number of methoxy groups -OCH3 is 1. The van der Waals surface area contributed by atoms with Crippen LogP contribution in [0.15, 0.2) is 41.3 Å². The molecule has 32 heavy (non-hydrogen) atoms. The number of sulfonamides is 1. The fraction of sp³-hybridized carbons (Fsp3) is 0.435. The predicted molar refractivity (Wildman–Crippen MR) is 121 cm³/mol. The largest absolute Gasteiger partial charge is 0.507 e. The highest BCUT2D eigenvalue weighted by Crippen LogP contribution is 2.30. The molecule has 0 aromatic heterocycles. The van der Waals surface area contributed by atoms with E-state index in [0.29, 0.717) is 23.7 Å². The molecule has 1 aliphatic heterocycles. The van der Waals surface area contributed by atoms with Crippen LogP contribution in [0.1, 0.15) is 35.7 Å². The maximum Gasteiger partial charge on any atom is 0.254 e. The number of phenolic OH excluding ortho intramolecular Hbond substituents is 1. The Labute approximate surface area is 189 Å². The minimum atomic E-state index is -3.85. The quantitative estimate of drug-likeness (QED) is 0.606. The van der Waals surface area contributed by atoms with Crippen molar-refractivity contribution < 1.29 is 27.8 Å². The summed E-state index contributed by atoms with van der Waals surface area (Å²) in [6.07, 6.45) is 1.95. The summed E-state index contributed by atoms with van der Waals surface area (Å²) in [7, 11) is -2.32. The number of carbonyl (C=O) groups excluding carboxylic acids is 1. The second kappa shape index (κ2) is 10.2. The van der Waals surface area contributed by atoms with Gasteiger partial charge >= 0.3 is 0 Å². The van der Waals surface area contributed by atoms with Crippen LogP contribution in [0.5, 0.6) is 17.2 Å². The van der Waals surface area contributed by atoms with Gasteiger partial charge in [-0.25, -0.2) is 8.42 Å². The number of aromatic hydroxyl groups is 1. The molecular formula is C23H30N2O6S. The fourth-order valence-electron chi connectivity index (χ4n) is 3.53. The van der Waals surface area contributed by atoms with Crippen LogP contribution in [-0.4, -0.2) is 68.5 Å². The zero-order valence-corrected chi connectivity index (χ0v) is 19.5. The number of hydrogen-bond acceptors (Lipinski definition) is 6. The molecule has 1 heterocycles. The minimum Gasteiger partial charge on any atom is -0.507 e. The average molecular weight is 463 g/mol. The normalized spacial score (nSPS) is 14.9. The Hall–Kier alpha value is -2.78. The molecule has 0 bridgehead atoms. The van der Waals surface area contributed by atoms with E-state index >= 15 is 0 Å². The third-order valence-corrected chi connectivity index (χ3v) is 7.35. The molecule has 0 saturated carbocycles. The lowest BCUT2D eigenvalue weighted by Gasteiger charge is -2.34. The van der Waals surface area contributed by atoms with Gasteiger partial charge in [0.2, 0.25) is 10.0 Å². The SMILES string of the molecule is CCCCOc1ccc(C(=O)N2CCN(S(=O)(=O)c3cc(C)ccc3O)CC2)cc1OC. The van der Waals surface area contributed by atoms with Crippen molar-refractivity contribution >= 4 is 15.9 Å². The topological polar surface area (TPSA) is 96.4 Å². The minimum absolute atomic E-state index is 0.110. The van der Waals surface area contributed by atoms with Crippen LogP contribution in [0.4, 0.5) is 0 Å². The number of hydrogen-bond donors (Lipinski definition) is 1. The van der Waals surface area contributed by atoms with Crippen LogP contribution in [0.2, 0.25) is 0 Å². The second-order valence-electron chi connectivity index (χ2n) is 7.74. The first-order chi connectivity index (χ1) is 15.3. The van der Waals surface area contributed by atoms with Gasteiger partial charge in [0.15, 0.2) is 11.5 Å². The molecule has 1 amide bonds. The van der Waals surface area contributed by atoms with Crippen LogP contribution < -0.4 is 9.47 Å². The van der Waals surface area contributed by atoms with Gasteiger partial charge in [-0.1, -0.05) is 19.4 Å². The van der Waals surface area contributed by atoms with Crippen molar-refractivity contribution in [2.75, 3.05) is 39.9 Å². The molecule has 2 aromatic rings. The van der Waals surface area contributed by atoms with Crippen LogP contribution in [0.25, 0.3) is 0 Å². The van der Waals surface area contributed by atoms with E-state index in [-0.39, 0.29) is 42.7 Å². The fourth-order valence-corrected chi connectivity index (χ4v) is 5.12. The molecule has 0 radical (unpaired) electrons. The van der Waals surface area contributed by atoms with E-state index in [1.165, 1.54) is 23.5 Å². The molecule has 0 unspecified atom stereocenters. The lowest BCUT2D eigenvalue weighted by atomic mass is 10.1. The first-order valence-corrected chi connectivity index (χ1v) is 12.1. The van der Waals surface area contributed by atoms with E-state index in [9.17, 15) is 18.3 Å². The van der Waals surface area contributed by atoms with E-state index < -0.39 is 10.0 Å². The zero-order chi connectivity index (χ0) is 23.3. The first kappa shape index (κ1) is 23.9. The summed E-state index contributed by atoms with van der Waals surface area (Å²) in [5.41, 5.74) is 1.20. The van der Waals surface area contributed by atoms with Crippen molar-refractivity contribution in [2.45, 2.75) is 31.6 Å². The zero-order valence-electron chi connectivity index (χ0n) is 18.7. The smallest absolute Gasteiger partial charge is 0.254 e. The summed E-state index contributed by atoms with van der Waals surface area (Å²) in [5.74, 6) is 0.607. The lowest BCUT2D eigenvalue weighted by molar-refractivity contribution is 0.0697. The molecule has 9 heteroatoms. The number of phenols is 1. The maximum atomic E-state index is 13.0. The van der Waals surface area contributed by atoms with Crippen molar-refractivity contribution in [1.29, 1.82) is 0 Å². The Bertz CT molecular complexity index is 1060. The van der Waals surface area contributed by atoms with Crippen molar-refractivity contribution in [2.24, 2.45) is 0 Å². The average Bonchev–Trinajstić information content (AvgIpc) is 2.80. The number of carbonyl (C=O) groups is 1. The Kier molecular flexibility index (Phi) is 7.63. The third-order valence-electron chi connectivity index (χ3n) is 5.43. The van der Waals surface area contributed by atoms with Gasteiger partial charge in [0.1, 0.15) is 10.6 Å². The molecule has 1 aliphatic rings. The lowest BCUT2D eigenvalue weighted by Crippen LogP contribution is -2.50. The van der Waals surface area contributed by atoms with Gasteiger partial charge in [0.25, 0.3) is 5.91 Å². The standard InChI is InChI=1S/C23H30N2O6S/c1-4-5-14-31-20-9-7-18(16-21(20)30-3)23(27)24-10-12-25(13-11-24)32(28,29)22-15-17(2)6-8-19(22)26/h6-9,15-16,26H,4-5,10-14H2,1-3H3. The number of rotatable bonds is 8. The van der Waals surface area contributed by atoms with Crippen molar-refractivity contribution in [3.05, 3.63) is 47.5 Å². The highest BCUT2D eigenvalue weighted by atomic mass is 32.2. The molecule has 174 valence electrons. The van der Waals surface area contributed by atoms with E-state index in [1.807, 2.05) is 0 Å². The van der Waals surface area contributed by atoms with Gasteiger partial charge in [0.05, 0.1) is 13.7 Å². The molecule has 1 saturated heterocycles. The summed E-state index contributed by atoms with van der Waals surface area (Å²) in [6.45, 7) is 5.23. The van der Waals surface area contributed by atoms with Crippen LogP contribution >= 0.6 is 0 Å². The van der Waals surface area contributed by atoms with E-state index in [2.05, 4.69) is 6.92 Å². The number of ether oxygens (including phenoxy) is 2. The molecule has 1 N–H and O–H groups in total. The van der Waals surface area contributed by atoms with Crippen molar-refractivity contribution in [1.82, 2.24) is 9.21 Å². The third kappa shape index (κ3) is 5.16. The monoisotopic (exact) mass is 462 g/mol. The summed E-state index contributed by atoms with van der Waals surface area (Å²) in [4.78, 5) is 14.5. The molecule has 0 atom stereocenters. The van der Waals surface area contributed by atoms with Crippen LogP contribution in [-0.2, 0) is 10.0 Å². The van der Waals surface area contributed by atoms with Crippen LogP contribution in [0, 0.1) is 6.92 Å². The molecule has 2 aromatic carbocycles. The van der Waals surface area contributed by atoms with Crippen molar-refractivity contribution in [3.63, 3.8) is 0 Å². The second-order valence-corrected chi connectivity index (χ2v) is 9.64. The van der Waals surface area contributed by atoms with Gasteiger partial charge in [-0.3, -0.25) is 4.79 Å². The Morgan fingerprint density at radius 3 is 2.44 bits per heavy atom. The van der Waals surface area contributed by atoms with E-state index in [4.69, 9.17) is 9.47 Å². The summed E-state index contributed by atoms with van der Waals surface area (Å²) in [5, 5.41) is 10.0. The predicted octanol–water partition coefficient (Wildman–Crippen LogP) is 3.03. The molecule has 1 fully saturated rings. The van der Waals surface area contributed by atoms with E-state index in [1.54, 1.807) is 36.1 Å². The summed E-state index contributed by atoms with van der Waals surface area (Å²) < 4.78 is 38.3. The number of nitrogens with zero attached hydrogens (tertiary/aromatic N) is 2. The first-order valence-electron chi connectivity index (χ1n) is 10.7. The van der Waals surface area contributed by atoms with E-state index in [0.717, 1.165) is 18.4 Å². The number of amides is 1. The maximum absolute atomic E-state index is 13.0. The molecule has 0 aliphatic carbocycles. The van der Waals surface area contributed by atoms with Gasteiger partial charge in [0, 0.05) is 31.7 Å². The van der Waals surface area contributed by atoms with Gasteiger partial charge in [-0.2, -0.15) is 4.31 Å². The Balaban J connectivity index is 1.68. The number of aryl methyl sites for hydroxylation is 1. The highest BCUT2D eigenvalue weighted by Gasteiger charge is 2.32. The highest BCUT2D eigenvalue weighted by molar-refractivity contribution is 7.89. The van der Waals surface area contributed by atoms with Crippen LogP contribution in [0.3, 0.4) is 0 Å². The van der Waals surface area contributed by atoms with Gasteiger partial charge < -0.3 is 19.5 Å². The van der Waals surface area contributed by atoms with Crippen molar-refractivity contribution in [3.8, 4) is 17.2 Å². The molecular weight excluding hydrogens is 432 g/mol. The molecule has 8 nitrogen and oxygen atoms in total. The Morgan fingerprint density at radius 1 is 1.06 bits per heavy atom.